The number of halogens is 1. The van der Waals surface area contributed by atoms with E-state index in [1.54, 1.807) is 0 Å². The molecule has 7 heteroatoms. The molecule has 0 saturated carbocycles. The van der Waals surface area contributed by atoms with Crippen LogP contribution in [0, 0.1) is 15.9 Å². The molecule has 0 unspecified atom stereocenters. The molecular weight excluding hydrogens is 215 g/mol. The highest BCUT2D eigenvalue weighted by Gasteiger charge is 2.20. The SMILES string of the molecule is Nc1cc(-c2c(F)cccc2[N+](=O)[O-])[nH]n1. The molecule has 0 spiro atoms. The normalized spacial score (nSPS) is 10.3. The molecule has 1 aromatic heterocycles. The first-order valence-corrected chi connectivity index (χ1v) is 4.33. The van der Waals surface area contributed by atoms with E-state index in [0.717, 1.165) is 6.07 Å². The maximum absolute atomic E-state index is 13.5. The quantitative estimate of drug-likeness (QED) is 0.596. The number of anilines is 1. The van der Waals surface area contributed by atoms with E-state index in [9.17, 15) is 14.5 Å². The maximum Gasteiger partial charge on any atom is 0.281 e. The van der Waals surface area contributed by atoms with Crippen molar-refractivity contribution in [3.8, 4) is 11.3 Å². The topological polar surface area (TPSA) is 97.8 Å². The van der Waals surface area contributed by atoms with Crippen LogP contribution in [0.25, 0.3) is 11.3 Å². The molecule has 0 atom stereocenters. The van der Waals surface area contributed by atoms with Gasteiger partial charge in [0.2, 0.25) is 0 Å². The molecule has 0 saturated heterocycles. The lowest BCUT2D eigenvalue weighted by atomic mass is 10.1. The van der Waals surface area contributed by atoms with Gasteiger partial charge in [0.1, 0.15) is 17.2 Å². The number of nitro groups is 1. The number of rotatable bonds is 2. The first kappa shape index (κ1) is 10.1. The van der Waals surface area contributed by atoms with Crippen molar-refractivity contribution >= 4 is 11.5 Å². The first-order valence-electron chi connectivity index (χ1n) is 4.33. The van der Waals surface area contributed by atoms with Crippen LogP contribution in [0.1, 0.15) is 0 Å². The van der Waals surface area contributed by atoms with E-state index < -0.39 is 10.7 Å². The summed E-state index contributed by atoms with van der Waals surface area (Å²) in [6, 6.07) is 4.97. The van der Waals surface area contributed by atoms with E-state index in [0.29, 0.717) is 0 Å². The van der Waals surface area contributed by atoms with E-state index in [4.69, 9.17) is 5.73 Å². The number of nitrogens with zero attached hydrogens (tertiary/aromatic N) is 2. The maximum atomic E-state index is 13.5. The second-order valence-electron chi connectivity index (χ2n) is 3.10. The molecule has 6 nitrogen and oxygen atoms in total. The van der Waals surface area contributed by atoms with Crippen LogP contribution in [-0.2, 0) is 0 Å². The summed E-state index contributed by atoms with van der Waals surface area (Å²) in [4.78, 5) is 10.1. The highest BCUT2D eigenvalue weighted by atomic mass is 19.1. The van der Waals surface area contributed by atoms with E-state index in [-0.39, 0.29) is 22.8 Å². The third-order valence-corrected chi connectivity index (χ3v) is 2.06. The summed E-state index contributed by atoms with van der Waals surface area (Å²) in [5.74, 6) is -0.551. The summed E-state index contributed by atoms with van der Waals surface area (Å²) < 4.78 is 13.5. The van der Waals surface area contributed by atoms with Gasteiger partial charge in [0, 0.05) is 12.1 Å². The van der Waals surface area contributed by atoms with Crippen molar-refractivity contribution in [3.63, 3.8) is 0 Å². The Bertz CT molecular complexity index is 552. The number of H-pyrrole nitrogens is 1. The van der Waals surface area contributed by atoms with Gasteiger partial charge < -0.3 is 5.73 Å². The molecule has 0 radical (unpaired) electrons. The molecule has 3 N–H and O–H groups in total. The lowest BCUT2D eigenvalue weighted by Gasteiger charge is -2.00. The Hall–Kier alpha value is -2.44. The van der Waals surface area contributed by atoms with Gasteiger partial charge in [0.15, 0.2) is 0 Å². The molecule has 1 heterocycles. The molecule has 2 rings (SSSR count). The Balaban J connectivity index is 2.67. The zero-order valence-corrected chi connectivity index (χ0v) is 7.98. The van der Waals surface area contributed by atoms with E-state index in [1.807, 2.05) is 0 Å². The van der Waals surface area contributed by atoms with Crippen molar-refractivity contribution in [2.24, 2.45) is 0 Å². The molecule has 1 aromatic carbocycles. The Morgan fingerprint density at radius 1 is 1.50 bits per heavy atom. The fraction of sp³-hybridized carbons (Fsp3) is 0. The number of nitrogens with two attached hydrogens (primary N) is 1. The average Bonchev–Trinajstić information content (AvgIpc) is 2.64. The number of aromatic nitrogens is 2. The number of hydrogen-bond acceptors (Lipinski definition) is 4. The smallest absolute Gasteiger partial charge is 0.281 e. The molecule has 0 aliphatic rings. The van der Waals surface area contributed by atoms with Crippen LogP contribution < -0.4 is 5.73 Å². The third kappa shape index (κ3) is 1.58. The second-order valence-corrected chi connectivity index (χ2v) is 3.10. The number of nitrogen functional groups attached to an aromatic ring is 1. The summed E-state index contributed by atoms with van der Waals surface area (Å²) in [5, 5.41) is 16.8. The molecule has 0 bridgehead atoms. The first-order chi connectivity index (χ1) is 7.59. The second kappa shape index (κ2) is 3.61. The fourth-order valence-electron chi connectivity index (χ4n) is 1.40. The van der Waals surface area contributed by atoms with Crippen LogP contribution in [0.15, 0.2) is 24.3 Å². The average molecular weight is 222 g/mol. The van der Waals surface area contributed by atoms with Gasteiger partial charge in [-0.15, -0.1) is 0 Å². The third-order valence-electron chi connectivity index (χ3n) is 2.06. The van der Waals surface area contributed by atoms with Crippen molar-refractivity contribution in [1.29, 1.82) is 0 Å². The van der Waals surface area contributed by atoms with Crippen molar-refractivity contribution < 1.29 is 9.31 Å². The number of hydrogen-bond donors (Lipinski definition) is 2. The van der Waals surface area contributed by atoms with Crippen molar-refractivity contribution in [2.75, 3.05) is 5.73 Å². The molecule has 0 fully saturated rings. The molecule has 0 amide bonds. The minimum Gasteiger partial charge on any atom is -0.382 e. The van der Waals surface area contributed by atoms with Crippen LogP contribution in [0.5, 0.6) is 0 Å². The van der Waals surface area contributed by atoms with Crippen LogP contribution in [-0.4, -0.2) is 15.1 Å². The molecule has 16 heavy (non-hydrogen) atoms. The highest BCUT2D eigenvalue weighted by molar-refractivity contribution is 5.72. The number of aromatic amines is 1. The largest absolute Gasteiger partial charge is 0.382 e. The van der Waals surface area contributed by atoms with Gasteiger partial charge in [-0.1, -0.05) is 6.07 Å². The van der Waals surface area contributed by atoms with Crippen LogP contribution in [0.2, 0.25) is 0 Å². The molecular formula is C9H7FN4O2. The van der Waals surface area contributed by atoms with Gasteiger partial charge in [-0.3, -0.25) is 15.2 Å². The van der Waals surface area contributed by atoms with Crippen molar-refractivity contribution in [1.82, 2.24) is 10.2 Å². The Morgan fingerprint density at radius 2 is 2.25 bits per heavy atom. The lowest BCUT2D eigenvalue weighted by molar-refractivity contribution is -0.384. The molecule has 82 valence electrons. The lowest BCUT2D eigenvalue weighted by Crippen LogP contribution is -1.95. The minimum atomic E-state index is -0.696. The number of benzene rings is 1. The van der Waals surface area contributed by atoms with Gasteiger partial charge in [0.05, 0.1) is 10.6 Å². The van der Waals surface area contributed by atoms with Crippen molar-refractivity contribution in [3.05, 3.63) is 40.2 Å². The standard InChI is InChI=1S/C9H7FN4O2/c10-5-2-1-3-7(14(15)16)9(5)6-4-8(11)13-12-6/h1-4H,(H3,11,12,13). The summed E-state index contributed by atoms with van der Waals surface area (Å²) in [6.07, 6.45) is 0. The zero-order valence-electron chi connectivity index (χ0n) is 7.98. The van der Waals surface area contributed by atoms with Gasteiger partial charge in [-0.2, -0.15) is 5.10 Å². The monoisotopic (exact) mass is 222 g/mol. The van der Waals surface area contributed by atoms with Gasteiger partial charge >= 0.3 is 0 Å². The summed E-state index contributed by atoms with van der Waals surface area (Å²) in [7, 11) is 0. The number of nitrogens with one attached hydrogen (secondary N) is 1. The summed E-state index contributed by atoms with van der Waals surface area (Å²) >= 11 is 0. The Labute approximate surface area is 89.0 Å². The van der Waals surface area contributed by atoms with Crippen LogP contribution >= 0.6 is 0 Å². The van der Waals surface area contributed by atoms with E-state index in [2.05, 4.69) is 10.2 Å². The minimum absolute atomic E-state index is 0.142. The van der Waals surface area contributed by atoms with Crippen LogP contribution in [0.3, 0.4) is 0 Å². The summed E-state index contributed by atoms with van der Waals surface area (Å²) in [5.41, 5.74) is 5.07. The fourth-order valence-corrected chi connectivity index (χ4v) is 1.40. The summed E-state index contributed by atoms with van der Waals surface area (Å²) in [6.45, 7) is 0. The van der Waals surface area contributed by atoms with E-state index in [1.165, 1.54) is 18.2 Å². The predicted molar refractivity (Wildman–Crippen MR) is 55.0 cm³/mol. The van der Waals surface area contributed by atoms with Gasteiger partial charge in [-0.25, -0.2) is 4.39 Å². The highest BCUT2D eigenvalue weighted by Crippen LogP contribution is 2.31. The predicted octanol–water partition coefficient (Wildman–Crippen LogP) is 1.71. The van der Waals surface area contributed by atoms with Crippen molar-refractivity contribution in [2.45, 2.75) is 0 Å². The molecule has 2 aromatic rings. The molecule has 0 aliphatic carbocycles. The molecule has 0 aliphatic heterocycles. The Kier molecular flexibility index (Phi) is 2.28. The van der Waals surface area contributed by atoms with Gasteiger partial charge in [-0.05, 0) is 6.07 Å². The van der Waals surface area contributed by atoms with E-state index >= 15 is 0 Å². The Morgan fingerprint density at radius 3 is 2.81 bits per heavy atom. The number of nitro benzene ring substituents is 1. The van der Waals surface area contributed by atoms with Crippen LogP contribution in [0.4, 0.5) is 15.9 Å². The van der Waals surface area contributed by atoms with Gasteiger partial charge in [0.25, 0.3) is 5.69 Å². The zero-order chi connectivity index (χ0) is 11.7.